The first-order valence-corrected chi connectivity index (χ1v) is 10.4. The van der Waals surface area contributed by atoms with Crippen LogP contribution in [-0.4, -0.2) is 47.5 Å². The fourth-order valence-corrected chi connectivity index (χ4v) is 3.39. The highest BCUT2D eigenvalue weighted by molar-refractivity contribution is 6.21. The second kappa shape index (κ2) is 10.5. The molecule has 166 valence electrons. The molecule has 1 N–H and O–H groups in total. The van der Waals surface area contributed by atoms with Crippen molar-refractivity contribution in [3.05, 3.63) is 65.2 Å². The van der Waals surface area contributed by atoms with E-state index in [0.29, 0.717) is 48.2 Å². The van der Waals surface area contributed by atoms with Crippen LogP contribution in [0.15, 0.2) is 48.5 Å². The molecule has 0 aromatic heterocycles. The van der Waals surface area contributed by atoms with Crippen LogP contribution in [0, 0.1) is 0 Å². The highest BCUT2D eigenvalue weighted by atomic mass is 16.5. The van der Waals surface area contributed by atoms with Gasteiger partial charge in [-0.05, 0) is 44.0 Å². The predicted molar refractivity (Wildman–Crippen MR) is 116 cm³/mol. The van der Waals surface area contributed by atoms with Gasteiger partial charge in [0.15, 0.2) is 12.4 Å². The molecule has 0 fully saturated rings. The molecule has 2 aromatic rings. The molecule has 0 radical (unpaired) electrons. The van der Waals surface area contributed by atoms with Gasteiger partial charge in [0.1, 0.15) is 0 Å². The Balaban J connectivity index is 1.32. The summed E-state index contributed by atoms with van der Waals surface area (Å²) >= 11 is 0. The number of Topliss-reactive ketones (excluding diaryl/α,β-unsaturated/α-hetero) is 1. The summed E-state index contributed by atoms with van der Waals surface area (Å²) in [7, 11) is 0. The number of rotatable bonds is 10. The van der Waals surface area contributed by atoms with Crippen molar-refractivity contribution in [2.45, 2.75) is 32.6 Å². The quantitative estimate of drug-likeness (QED) is 0.265. The zero-order valence-corrected chi connectivity index (χ0v) is 17.8. The van der Waals surface area contributed by atoms with Crippen LogP contribution in [0.3, 0.4) is 0 Å². The van der Waals surface area contributed by atoms with E-state index in [4.69, 9.17) is 4.74 Å². The maximum atomic E-state index is 12.3. The van der Waals surface area contributed by atoms with Crippen LogP contribution < -0.4 is 5.32 Å². The molecular formula is C24H24N2O6. The molecule has 0 atom stereocenters. The number of benzene rings is 2. The van der Waals surface area contributed by atoms with E-state index < -0.39 is 18.5 Å². The van der Waals surface area contributed by atoms with Crippen molar-refractivity contribution in [3.8, 4) is 0 Å². The summed E-state index contributed by atoms with van der Waals surface area (Å²) in [5, 5.41) is 2.58. The van der Waals surface area contributed by atoms with Gasteiger partial charge in [-0.25, -0.2) is 0 Å². The number of amides is 3. The van der Waals surface area contributed by atoms with E-state index in [0.717, 1.165) is 0 Å². The van der Waals surface area contributed by atoms with E-state index in [1.807, 2.05) is 0 Å². The molecule has 0 saturated carbocycles. The lowest BCUT2D eigenvalue weighted by molar-refractivity contribution is -0.147. The Labute approximate surface area is 185 Å². The second-order valence-electron chi connectivity index (χ2n) is 7.46. The van der Waals surface area contributed by atoms with Crippen LogP contribution in [0.2, 0.25) is 0 Å². The van der Waals surface area contributed by atoms with Gasteiger partial charge in [0, 0.05) is 24.2 Å². The van der Waals surface area contributed by atoms with Crippen LogP contribution in [-0.2, 0) is 14.3 Å². The number of hydrogen-bond donors (Lipinski definition) is 1. The van der Waals surface area contributed by atoms with Crippen molar-refractivity contribution >= 4 is 35.2 Å². The fraction of sp³-hybridized carbons (Fsp3) is 0.292. The molecular weight excluding hydrogens is 412 g/mol. The van der Waals surface area contributed by atoms with E-state index in [9.17, 15) is 24.0 Å². The van der Waals surface area contributed by atoms with Crippen molar-refractivity contribution in [2.24, 2.45) is 0 Å². The van der Waals surface area contributed by atoms with Crippen molar-refractivity contribution in [3.63, 3.8) is 0 Å². The summed E-state index contributed by atoms with van der Waals surface area (Å²) in [4.78, 5) is 61.0. The molecule has 8 nitrogen and oxygen atoms in total. The number of carbonyl (C=O) groups excluding carboxylic acids is 5. The smallest absolute Gasteiger partial charge is 0.306 e. The van der Waals surface area contributed by atoms with E-state index in [1.165, 1.54) is 11.8 Å². The standard InChI is InChI=1S/C24H24N2O6/c1-16(27)17-8-7-9-18(14-17)25-21(28)15-32-22(29)12-3-2-6-13-26-23(30)19-10-4-5-11-20(19)24(26)31/h4-5,7-11,14H,2-3,6,12-13,15H2,1H3,(H,25,28). The van der Waals surface area contributed by atoms with Gasteiger partial charge in [-0.2, -0.15) is 0 Å². The molecule has 3 amide bonds. The van der Waals surface area contributed by atoms with Gasteiger partial charge >= 0.3 is 5.97 Å². The zero-order valence-electron chi connectivity index (χ0n) is 17.8. The monoisotopic (exact) mass is 436 g/mol. The Hall–Kier alpha value is -3.81. The topological polar surface area (TPSA) is 110 Å². The number of nitrogens with zero attached hydrogens (tertiary/aromatic N) is 1. The molecule has 2 aromatic carbocycles. The van der Waals surface area contributed by atoms with Crippen molar-refractivity contribution in [2.75, 3.05) is 18.5 Å². The molecule has 3 rings (SSSR count). The maximum Gasteiger partial charge on any atom is 0.306 e. The van der Waals surface area contributed by atoms with E-state index in [1.54, 1.807) is 48.5 Å². The Kier molecular flexibility index (Phi) is 7.49. The largest absolute Gasteiger partial charge is 0.456 e. The summed E-state index contributed by atoms with van der Waals surface area (Å²) in [5.74, 6) is -1.69. The average Bonchev–Trinajstić information content (AvgIpc) is 3.02. The van der Waals surface area contributed by atoms with E-state index in [-0.39, 0.29) is 24.0 Å². The first kappa shape index (κ1) is 22.9. The summed E-state index contributed by atoms with van der Waals surface area (Å²) in [5.41, 5.74) is 1.77. The first-order chi connectivity index (χ1) is 15.4. The first-order valence-electron chi connectivity index (χ1n) is 10.4. The third-order valence-corrected chi connectivity index (χ3v) is 5.06. The van der Waals surface area contributed by atoms with Crippen LogP contribution >= 0.6 is 0 Å². The lowest BCUT2D eigenvalue weighted by atomic mass is 10.1. The van der Waals surface area contributed by atoms with Gasteiger partial charge in [0.2, 0.25) is 0 Å². The molecule has 32 heavy (non-hydrogen) atoms. The van der Waals surface area contributed by atoms with Gasteiger partial charge < -0.3 is 10.1 Å². The summed E-state index contributed by atoms with van der Waals surface area (Å²) in [6.07, 6.45) is 1.86. The molecule has 8 heteroatoms. The zero-order chi connectivity index (χ0) is 23.1. The average molecular weight is 436 g/mol. The molecule has 0 unspecified atom stereocenters. The van der Waals surface area contributed by atoms with Crippen LogP contribution in [0.5, 0.6) is 0 Å². The van der Waals surface area contributed by atoms with Crippen LogP contribution in [0.1, 0.15) is 63.7 Å². The number of fused-ring (bicyclic) bond motifs is 1. The van der Waals surface area contributed by atoms with Gasteiger partial charge in [-0.15, -0.1) is 0 Å². The number of anilines is 1. The number of carbonyl (C=O) groups is 5. The number of ketones is 1. The Morgan fingerprint density at radius 1 is 0.906 bits per heavy atom. The number of ether oxygens (including phenoxy) is 1. The molecule has 0 spiro atoms. The summed E-state index contributed by atoms with van der Waals surface area (Å²) in [6, 6.07) is 13.2. The van der Waals surface area contributed by atoms with E-state index >= 15 is 0 Å². The summed E-state index contributed by atoms with van der Waals surface area (Å²) < 4.78 is 4.97. The third-order valence-electron chi connectivity index (χ3n) is 5.06. The minimum Gasteiger partial charge on any atom is -0.456 e. The number of esters is 1. The molecule has 1 heterocycles. The van der Waals surface area contributed by atoms with Crippen LogP contribution in [0.25, 0.3) is 0 Å². The van der Waals surface area contributed by atoms with Crippen LogP contribution in [0.4, 0.5) is 5.69 Å². The number of imide groups is 1. The third kappa shape index (κ3) is 5.66. The van der Waals surface area contributed by atoms with Crippen molar-refractivity contribution in [1.29, 1.82) is 0 Å². The van der Waals surface area contributed by atoms with E-state index in [2.05, 4.69) is 5.32 Å². The Bertz CT molecular complexity index is 1030. The Morgan fingerprint density at radius 3 is 2.25 bits per heavy atom. The summed E-state index contributed by atoms with van der Waals surface area (Å²) in [6.45, 7) is 1.31. The number of hydrogen-bond acceptors (Lipinski definition) is 6. The minimum atomic E-state index is -0.502. The lowest BCUT2D eigenvalue weighted by Gasteiger charge is -2.13. The number of unbranched alkanes of at least 4 members (excludes halogenated alkanes) is 2. The van der Waals surface area contributed by atoms with Crippen molar-refractivity contribution < 1.29 is 28.7 Å². The van der Waals surface area contributed by atoms with Gasteiger partial charge in [0.25, 0.3) is 17.7 Å². The highest BCUT2D eigenvalue weighted by Gasteiger charge is 2.34. The fourth-order valence-electron chi connectivity index (χ4n) is 3.39. The van der Waals surface area contributed by atoms with Gasteiger partial charge in [0.05, 0.1) is 11.1 Å². The molecule has 0 aliphatic carbocycles. The molecule has 0 saturated heterocycles. The second-order valence-corrected chi connectivity index (χ2v) is 7.46. The maximum absolute atomic E-state index is 12.3. The predicted octanol–water partition coefficient (Wildman–Crippen LogP) is 3.23. The molecule has 1 aliphatic heterocycles. The minimum absolute atomic E-state index is 0.115. The molecule has 1 aliphatic rings. The lowest BCUT2D eigenvalue weighted by Crippen LogP contribution is -2.30. The SMILES string of the molecule is CC(=O)c1cccc(NC(=O)COC(=O)CCCCCN2C(=O)c3ccccc3C2=O)c1. The van der Waals surface area contributed by atoms with Crippen molar-refractivity contribution in [1.82, 2.24) is 4.90 Å². The molecule has 0 bridgehead atoms. The van der Waals surface area contributed by atoms with Gasteiger partial charge in [-0.1, -0.05) is 30.7 Å². The Morgan fingerprint density at radius 2 is 1.59 bits per heavy atom. The van der Waals surface area contributed by atoms with Gasteiger partial charge in [-0.3, -0.25) is 28.9 Å². The number of nitrogens with one attached hydrogen (secondary N) is 1. The normalized spacial score (nSPS) is 12.5. The highest BCUT2D eigenvalue weighted by Crippen LogP contribution is 2.22.